The lowest BCUT2D eigenvalue weighted by Crippen LogP contribution is -1.90. The summed E-state index contributed by atoms with van der Waals surface area (Å²) in [4.78, 5) is 0. The van der Waals surface area contributed by atoms with Gasteiger partial charge >= 0.3 is 0 Å². The van der Waals surface area contributed by atoms with Gasteiger partial charge in [0.15, 0.2) is 0 Å². The molecule has 0 saturated carbocycles. The average Bonchev–Trinajstić information content (AvgIpc) is 2.17. The third-order valence-corrected chi connectivity index (χ3v) is 2.28. The number of fused-ring (bicyclic) bond motifs is 1. The van der Waals surface area contributed by atoms with Crippen LogP contribution in [0.5, 0.6) is 5.75 Å². The number of hydrogen-bond donors (Lipinski definition) is 0. The summed E-state index contributed by atoms with van der Waals surface area (Å²) in [6.07, 6.45) is 0. The Morgan fingerprint density at radius 1 is 1.00 bits per heavy atom. The summed E-state index contributed by atoms with van der Waals surface area (Å²) in [5.74, 6) is 0.950. The van der Waals surface area contributed by atoms with Crippen LogP contribution in [0.25, 0.3) is 10.8 Å². The van der Waals surface area contributed by atoms with Crippen LogP contribution in [-0.4, -0.2) is 6.61 Å². The van der Waals surface area contributed by atoms with E-state index in [0.717, 1.165) is 12.4 Å². The minimum atomic E-state index is 0.720. The minimum Gasteiger partial charge on any atom is -0.494 e. The van der Waals surface area contributed by atoms with E-state index in [1.54, 1.807) is 0 Å². The molecule has 0 aliphatic carbocycles. The van der Waals surface area contributed by atoms with Crippen LogP contribution in [0.2, 0.25) is 0 Å². The summed E-state index contributed by atoms with van der Waals surface area (Å²) in [5, 5.41) is 2.51. The topological polar surface area (TPSA) is 9.23 Å². The zero-order valence-electron chi connectivity index (χ0n) is 8.58. The standard InChI is InChI=1S/C13H14O/c1-3-14-13-7-6-11-5-4-10(2)8-12(11)9-13/h4-9H,3H2,1-2H3. The first-order valence-electron chi connectivity index (χ1n) is 4.93. The molecule has 0 spiro atoms. The van der Waals surface area contributed by atoms with Gasteiger partial charge in [-0.1, -0.05) is 29.8 Å². The molecule has 0 aliphatic rings. The lowest BCUT2D eigenvalue weighted by molar-refractivity contribution is 0.341. The molecular weight excluding hydrogens is 172 g/mol. The van der Waals surface area contributed by atoms with Crippen molar-refractivity contribution in [3.05, 3.63) is 42.0 Å². The molecule has 0 aromatic heterocycles. The summed E-state index contributed by atoms with van der Waals surface area (Å²) in [7, 11) is 0. The van der Waals surface area contributed by atoms with Crippen molar-refractivity contribution in [2.45, 2.75) is 13.8 Å². The van der Waals surface area contributed by atoms with Crippen molar-refractivity contribution in [3.63, 3.8) is 0 Å². The Morgan fingerprint density at radius 2 is 1.79 bits per heavy atom. The fraction of sp³-hybridized carbons (Fsp3) is 0.231. The SMILES string of the molecule is CCOc1ccc2ccc(C)cc2c1. The molecule has 0 aliphatic heterocycles. The summed E-state index contributed by atoms with van der Waals surface area (Å²) in [6.45, 7) is 4.82. The molecule has 0 unspecified atom stereocenters. The summed E-state index contributed by atoms with van der Waals surface area (Å²) >= 11 is 0. The van der Waals surface area contributed by atoms with E-state index >= 15 is 0 Å². The molecule has 0 radical (unpaired) electrons. The number of rotatable bonds is 2. The van der Waals surface area contributed by atoms with Crippen molar-refractivity contribution in [2.75, 3.05) is 6.61 Å². The molecule has 0 bridgehead atoms. The summed E-state index contributed by atoms with van der Waals surface area (Å²) in [5.41, 5.74) is 1.28. The van der Waals surface area contributed by atoms with E-state index in [0.29, 0.717) is 0 Å². The molecule has 14 heavy (non-hydrogen) atoms. The molecule has 2 rings (SSSR count). The maximum Gasteiger partial charge on any atom is 0.119 e. The highest BCUT2D eigenvalue weighted by molar-refractivity contribution is 5.84. The second kappa shape index (κ2) is 3.70. The first-order chi connectivity index (χ1) is 6.79. The lowest BCUT2D eigenvalue weighted by Gasteiger charge is -2.04. The normalized spacial score (nSPS) is 10.4. The second-order valence-corrected chi connectivity index (χ2v) is 3.45. The Balaban J connectivity index is 2.52. The van der Waals surface area contributed by atoms with E-state index in [2.05, 4.69) is 37.3 Å². The van der Waals surface area contributed by atoms with Gasteiger partial charge in [0.1, 0.15) is 5.75 Å². The van der Waals surface area contributed by atoms with Gasteiger partial charge in [-0.3, -0.25) is 0 Å². The van der Waals surface area contributed by atoms with Gasteiger partial charge in [0.05, 0.1) is 6.61 Å². The third kappa shape index (κ3) is 1.72. The Bertz CT molecular complexity index is 446. The molecule has 2 aromatic rings. The van der Waals surface area contributed by atoms with Crippen molar-refractivity contribution in [1.29, 1.82) is 0 Å². The zero-order chi connectivity index (χ0) is 9.97. The van der Waals surface area contributed by atoms with Crippen molar-refractivity contribution >= 4 is 10.8 Å². The van der Waals surface area contributed by atoms with Gasteiger partial charge in [-0.15, -0.1) is 0 Å². The number of ether oxygens (including phenoxy) is 1. The summed E-state index contributed by atoms with van der Waals surface area (Å²) in [6, 6.07) is 12.6. The Labute approximate surface area is 84.3 Å². The highest BCUT2D eigenvalue weighted by atomic mass is 16.5. The molecule has 72 valence electrons. The van der Waals surface area contributed by atoms with Gasteiger partial charge in [0, 0.05) is 0 Å². The van der Waals surface area contributed by atoms with E-state index < -0.39 is 0 Å². The molecule has 0 amide bonds. The Morgan fingerprint density at radius 3 is 2.57 bits per heavy atom. The lowest BCUT2D eigenvalue weighted by atomic mass is 10.1. The zero-order valence-corrected chi connectivity index (χ0v) is 8.58. The molecular formula is C13H14O. The molecule has 0 saturated heterocycles. The quantitative estimate of drug-likeness (QED) is 0.697. The van der Waals surface area contributed by atoms with E-state index in [-0.39, 0.29) is 0 Å². The van der Waals surface area contributed by atoms with Crippen LogP contribution < -0.4 is 4.74 Å². The van der Waals surface area contributed by atoms with Gasteiger partial charge < -0.3 is 4.74 Å². The van der Waals surface area contributed by atoms with Crippen molar-refractivity contribution in [3.8, 4) is 5.75 Å². The first-order valence-corrected chi connectivity index (χ1v) is 4.93. The second-order valence-electron chi connectivity index (χ2n) is 3.45. The molecule has 0 N–H and O–H groups in total. The van der Waals surface area contributed by atoms with Crippen LogP contribution in [0.15, 0.2) is 36.4 Å². The minimum absolute atomic E-state index is 0.720. The van der Waals surface area contributed by atoms with Gasteiger partial charge in [-0.25, -0.2) is 0 Å². The average molecular weight is 186 g/mol. The van der Waals surface area contributed by atoms with Gasteiger partial charge in [-0.2, -0.15) is 0 Å². The van der Waals surface area contributed by atoms with Gasteiger partial charge in [0.2, 0.25) is 0 Å². The summed E-state index contributed by atoms with van der Waals surface area (Å²) < 4.78 is 5.45. The Hall–Kier alpha value is -1.50. The fourth-order valence-electron chi connectivity index (χ4n) is 1.60. The number of hydrogen-bond acceptors (Lipinski definition) is 1. The molecule has 1 nitrogen and oxygen atoms in total. The molecule has 0 atom stereocenters. The van der Waals surface area contributed by atoms with Crippen molar-refractivity contribution in [1.82, 2.24) is 0 Å². The molecule has 1 heteroatoms. The molecule has 0 fully saturated rings. The maximum absolute atomic E-state index is 5.45. The van der Waals surface area contributed by atoms with Crippen LogP contribution in [0.4, 0.5) is 0 Å². The van der Waals surface area contributed by atoms with Crippen LogP contribution in [-0.2, 0) is 0 Å². The van der Waals surface area contributed by atoms with Crippen LogP contribution in [0, 0.1) is 6.92 Å². The maximum atomic E-state index is 5.45. The van der Waals surface area contributed by atoms with E-state index in [1.807, 2.05) is 13.0 Å². The largest absolute Gasteiger partial charge is 0.494 e. The van der Waals surface area contributed by atoms with Crippen LogP contribution in [0.3, 0.4) is 0 Å². The smallest absolute Gasteiger partial charge is 0.119 e. The van der Waals surface area contributed by atoms with Gasteiger partial charge in [0.25, 0.3) is 0 Å². The first kappa shape index (κ1) is 9.07. The Kier molecular flexibility index (Phi) is 2.40. The van der Waals surface area contributed by atoms with E-state index in [4.69, 9.17) is 4.74 Å². The van der Waals surface area contributed by atoms with E-state index in [1.165, 1.54) is 16.3 Å². The predicted molar refractivity (Wildman–Crippen MR) is 59.9 cm³/mol. The highest BCUT2D eigenvalue weighted by Gasteiger charge is 1.96. The van der Waals surface area contributed by atoms with Gasteiger partial charge in [-0.05, 0) is 36.8 Å². The molecule has 2 aromatic carbocycles. The third-order valence-electron chi connectivity index (χ3n) is 2.28. The van der Waals surface area contributed by atoms with Crippen LogP contribution in [0.1, 0.15) is 12.5 Å². The van der Waals surface area contributed by atoms with Crippen molar-refractivity contribution in [2.24, 2.45) is 0 Å². The molecule has 0 heterocycles. The fourth-order valence-corrected chi connectivity index (χ4v) is 1.60. The number of aryl methyl sites for hydroxylation is 1. The number of benzene rings is 2. The van der Waals surface area contributed by atoms with Crippen LogP contribution >= 0.6 is 0 Å². The highest BCUT2D eigenvalue weighted by Crippen LogP contribution is 2.21. The van der Waals surface area contributed by atoms with E-state index in [9.17, 15) is 0 Å². The predicted octanol–water partition coefficient (Wildman–Crippen LogP) is 3.55. The van der Waals surface area contributed by atoms with Crippen molar-refractivity contribution < 1.29 is 4.74 Å². The monoisotopic (exact) mass is 186 g/mol.